The fourth-order valence-corrected chi connectivity index (χ4v) is 2.61. The summed E-state index contributed by atoms with van der Waals surface area (Å²) in [6.07, 6.45) is 2.82. The maximum atomic E-state index is 12.2. The lowest BCUT2D eigenvalue weighted by Gasteiger charge is -2.12. The monoisotopic (exact) mass is 403 g/mol. The summed E-state index contributed by atoms with van der Waals surface area (Å²) in [5.74, 6) is 0.656. The van der Waals surface area contributed by atoms with Crippen LogP contribution in [0.2, 0.25) is 0 Å². The number of amides is 1. The van der Waals surface area contributed by atoms with E-state index in [2.05, 4.69) is 5.32 Å². The standard InChI is InChI=1S/C24H21NO5/c1-28-21-13-7-5-9-18(21)15-16-24(27)29-17-23(26)25-20-12-6-8-14-22(20)30-19-10-3-2-4-11-19/h2-16H,17H2,1H3,(H,25,26). The van der Waals surface area contributed by atoms with Crippen molar-refractivity contribution in [2.75, 3.05) is 19.0 Å². The molecule has 0 heterocycles. The highest BCUT2D eigenvalue weighted by molar-refractivity contribution is 5.95. The zero-order valence-electron chi connectivity index (χ0n) is 16.4. The van der Waals surface area contributed by atoms with Crippen molar-refractivity contribution >= 4 is 23.6 Å². The van der Waals surface area contributed by atoms with E-state index in [4.69, 9.17) is 14.2 Å². The Balaban J connectivity index is 1.55. The molecule has 0 bridgehead atoms. The summed E-state index contributed by atoms with van der Waals surface area (Å²) in [7, 11) is 1.55. The van der Waals surface area contributed by atoms with Gasteiger partial charge in [-0.15, -0.1) is 0 Å². The normalized spacial score (nSPS) is 10.4. The first-order chi connectivity index (χ1) is 14.7. The van der Waals surface area contributed by atoms with E-state index in [0.29, 0.717) is 22.9 Å². The Kier molecular flexibility index (Phi) is 7.22. The first-order valence-corrected chi connectivity index (χ1v) is 9.25. The molecule has 0 aliphatic rings. The predicted octanol–water partition coefficient (Wildman–Crippen LogP) is 4.68. The summed E-state index contributed by atoms with van der Waals surface area (Å²) in [5.41, 5.74) is 1.21. The van der Waals surface area contributed by atoms with Gasteiger partial charge in [0.15, 0.2) is 12.4 Å². The Morgan fingerprint density at radius 1 is 0.867 bits per heavy atom. The molecule has 0 fully saturated rings. The van der Waals surface area contributed by atoms with Crippen LogP contribution in [0.25, 0.3) is 6.08 Å². The fraction of sp³-hybridized carbons (Fsp3) is 0.0833. The topological polar surface area (TPSA) is 73.9 Å². The largest absolute Gasteiger partial charge is 0.496 e. The zero-order chi connectivity index (χ0) is 21.2. The van der Waals surface area contributed by atoms with Crippen molar-refractivity contribution in [2.24, 2.45) is 0 Å². The third kappa shape index (κ3) is 5.97. The number of anilines is 1. The number of ether oxygens (including phenoxy) is 3. The molecule has 0 aromatic heterocycles. The van der Waals surface area contributed by atoms with E-state index < -0.39 is 18.5 Å². The molecule has 3 rings (SSSR count). The Morgan fingerprint density at radius 2 is 1.53 bits per heavy atom. The molecule has 6 nitrogen and oxygen atoms in total. The summed E-state index contributed by atoms with van der Waals surface area (Å²) < 4.78 is 16.0. The van der Waals surface area contributed by atoms with Crippen molar-refractivity contribution < 1.29 is 23.8 Å². The Bertz CT molecular complexity index is 1030. The minimum Gasteiger partial charge on any atom is -0.496 e. The van der Waals surface area contributed by atoms with Crippen LogP contribution >= 0.6 is 0 Å². The van der Waals surface area contributed by atoms with E-state index >= 15 is 0 Å². The number of hydrogen-bond acceptors (Lipinski definition) is 5. The van der Waals surface area contributed by atoms with Gasteiger partial charge in [-0.1, -0.05) is 48.5 Å². The number of esters is 1. The molecule has 0 saturated carbocycles. The zero-order valence-corrected chi connectivity index (χ0v) is 16.4. The van der Waals surface area contributed by atoms with Gasteiger partial charge in [-0.3, -0.25) is 4.79 Å². The summed E-state index contributed by atoms with van der Waals surface area (Å²) in [5, 5.41) is 2.69. The van der Waals surface area contributed by atoms with Crippen molar-refractivity contribution in [1.82, 2.24) is 0 Å². The molecular formula is C24H21NO5. The van der Waals surface area contributed by atoms with Gasteiger partial charge in [-0.05, 0) is 36.4 Å². The van der Waals surface area contributed by atoms with Crippen molar-refractivity contribution in [1.29, 1.82) is 0 Å². The van der Waals surface area contributed by atoms with Crippen molar-refractivity contribution in [3.63, 3.8) is 0 Å². The van der Waals surface area contributed by atoms with Gasteiger partial charge in [-0.2, -0.15) is 0 Å². The summed E-state index contributed by atoms with van der Waals surface area (Å²) in [4.78, 5) is 24.1. The van der Waals surface area contributed by atoms with E-state index in [-0.39, 0.29) is 0 Å². The number of carbonyl (C=O) groups excluding carboxylic acids is 2. The van der Waals surface area contributed by atoms with Crippen LogP contribution in [0.1, 0.15) is 5.56 Å². The molecular weight excluding hydrogens is 382 g/mol. The van der Waals surface area contributed by atoms with Crippen LogP contribution in [0.4, 0.5) is 5.69 Å². The average Bonchev–Trinajstić information content (AvgIpc) is 2.78. The maximum Gasteiger partial charge on any atom is 0.331 e. The van der Waals surface area contributed by atoms with Crippen LogP contribution < -0.4 is 14.8 Å². The Hall–Kier alpha value is -4.06. The van der Waals surface area contributed by atoms with Gasteiger partial charge in [0.25, 0.3) is 5.91 Å². The highest BCUT2D eigenvalue weighted by Crippen LogP contribution is 2.29. The number of nitrogens with one attached hydrogen (secondary N) is 1. The number of methoxy groups -OCH3 is 1. The van der Waals surface area contributed by atoms with Gasteiger partial charge < -0.3 is 19.5 Å². The molecule has 0 unspecified atom stereocenters. The highest BCUT2D eigenvalue weighted by Gasteiger charge is 2.10. The molecule has 3 aromatic carbocycles. The Morgan fingerprint density at radius 3 is 2.30 bits per heavy atom. The van der Waals surface area contributed by atoms with Gasteiger partial charge in [0, 0.05) is 11.6 Å². The average molecular weight is 403 g/mol. The van der Waals surface area contributed by atoms with Crippen LogP contribution in [0.5, 0.6) is 17.2 Å². The lowest BCUT2D eigenvalue weighted by molar-refractivity contribution is -0.142. The molecule has 30 heavy (non-hydrogen) atoms. The number of para-hydroxylation sites is 4. The molecule has 0 aliphatic carbocycles. The van der Waals surface area contributed by atoms with Crippen molar-refractivity contribution in [3.05, 3.63) is 90.5 Å². The van der Waals surface area contributed by atoms with Gasteiger partial charge in [-0.25, -0.2) is 4.79 Å². The maximum absolute atomic E-state index is 12.2. The van der Waals surface area contributed by atoms with Gasteiger partial charge in [0.2, 0.25) is 0 Å². The third-order valence-electron chi connectivity index (χ3n) is 4.02. The summed E-state index contributed by atoms with van der Waals surface area (Å²) in [6, 6.07) is 23.5. The van der Waals surface area contributed by atoms with E-state index in [9.17, 15) is 9.59 Å². The highest BCUT2D eigenvalue weighted by atomic mass is 16.5. The van der Waals surface area contributed by atoms with Gasteiger partial charge in [0.05, 0.1) is 12.8 Å². The second-order valence-electron chi connectivity index (χ2n) is 6.14. The molecule has 0 atom stereocenters. The minimum absolute atomic E-state index is 0.422. The molecule has 1 amide bonds. The molecule has 0 radical (unpaired) electrons. The van der Waals surface area contributed by atoms with Crippen LogP contribution in [0.15, 0.2) is 84.9 Å². The first-order valence-electron chi connectivity index (χ1n) is 9.25. The minimum atomic E-state index is -0.634. The third-order valence-corrected chi connectivity index (χ3v) is 4.02. The van der Waals surface area contributed by atoms with Crippen molar-refractivity contribution in [2.45, 2.75) is 0 Å². The van der Waals surface area contributed by atoms with Gasteiger partial charge >= 0.3 is 5.97 Å². The van der Waals surface area contributed by atoms with E-state index in [1.807, 2.05) is 42.5 Å². The number of carbonyl (C=O) groups is 2. The molecule has 0 saturated heterocycles. The summed E-state index contributed by atoms with van der Waals surface area (Å²) in [6.45, 7) is -0.422. The van der Waals surface area contributed by atoms with Crippen LogP contribution in [0.3, 0.4) is 0 Å². The second kappa shape index (κ2) is 10.5. The number of hydrogen-bond donors (Lipinski definition) is 1. The van der Waals surface area contributed by atoms with Crippen LogP contribution in [-0.2, 0) is 14.3 Å². The second-order valence-corrected chi connectivity index (χ2v) is 6.14. The predicted molar refractivity (Wildman–Crippen MR) is 115 cm³/mol. The number of rotatable bonds is 8. The van der Waals surface area contributed by atoms with Crippen LogP contribution in [0, 0.1) is 0 Å². The van der Waals surface area contributed by atoms with E-state index in [0.717, 1.165) is 5.56 Å². The SMILES string of the molecule is COc1ccccc1C=CC(=O)OCC(=O)Nc1ccccc1Oc1ccccc1. The molecule has 0 aliphatic heterocycles. The number of benzene rings is 3. The quantitative estimate of drug-likeness (QED) is 0.437. The lowest BCUT2D eigenvalue weighted by atomic mass is 10.2. The molecule has 6 heteroatoms. The molecule has 3 aromatic rings. The van der Waals surface area contributed by atoms with Crippen LogP contribution in [-0.4, -0.2) is 25.6 Å². The molecule has 152 valence electrons. The lowest BCUT2D eigenvalue weighted by Crippen LogP contribution is -2.20. The summed E-state index contributed by atoms with van der Waals surface area (Å²) >= 11 is 0. The van der Waals surface area contributed by atoms with E-state index in [1.54, 1.807) is 49.6 Å². The molecule has 0 spiro atoms. The smallest absolute Gasteiger partial charge is 0.331 e. The molecule has 1 N–H and O–H groups in total. The fourth-order valence-electron chi connectivity index (χ4n) is 2.61. The van der Waals surface area contributed by atoms with E-state index in [1.165, 1.54) is 6.08 Å². The van der Waals surface area contributed by atoms with Crippen molar-refractivity contribution in [3.8, 4) is 17.2 Å². The van der Waals surface area contributed by atoms with Gasteiger partial charge in [0.1, 0.15) is 11.5 Å². The first kappa shape index (κ1) is 20.7. The Labute approximate surface area is 174 Å².